The van der Waals surface area contributed by atoms with Crippen LogP contribution >= 0.6 is 11.6 Å². The van der Waals surface area contributed by atoms with Gasteiger partial charge in [0, 0.05) is 29.7 Å². The number of aromatic nitrogens is 4. The van der Waals surface area contributed by atoms with Gasteiger partial charge in [-0.1, -0.05) is 30.7 Å². The minimum Gasteiger partial charge on any atom is -0.354 e. The first-order valence-corrected chi connectivity index (χ1v) is 11.6. The number of aryl methyl sites for hydroxylation is 1. The second-order valence-corrected chi connectivity index (χ2v) is 8.67. The SMILES string of the molecule is CCC(C)NC(=O)CCn1c(=O)c2ccccc2n2c(=O)n(CC(=O)Nc3ccc(Cl)cc3)nc12. The van der Waals surface area contributed by atoms with Crippen molar-refractivity contribution in [2.75, 3.05) is 5.32 Å². The molecule has 1 atom stereocenters. The molecule has 1 unspecified atom stereocenters. The van der Waals surface area contributed by atoms with Crippen LogP contribution in [0.5, 0.6) is 0 Å². The predicted octanol–water partition coefficient (Wildman–Crippen LogP) is 2.41. The predicted molar refractivity (Wildman–Crippen MR) is 134 cm³/mol. The molecule has 35 heavy (non-hydrogen) atoms. The van der Waals surface area contributed by atoms with E-state index in [0.29, 0.717) is 21.6 Å². The number of carbonyl (C=O) groups excluding carboxylic acids is 2. The molecule has 4 aromatic rings. The van der Waals surface area contributed by atoms with E-state index in [1.54, 1.807) is 48.5 Å². The highest BCUT2D eigenvalue weighted by molar-refractivity contribution is 6.30. The van der Waals surface area contributed by atoms with Crippen LogP contribution < -0.4 is 21.9 Å². The Kier molecular flexibility index (Phi) is 7.02. The summed E-state index contributed by atoms with van der Waals surface area (Å²) in [5, 5.41) is 10.7. The van der Waals surface area contributed by atoms with E-state index in [0.717, 1.165) is 11.1 Å². The standard InChI is InChI=1S/C24H25ClN6O4/c1-3-15(2)26-20(32)12-13-29-22(34)18-6-4-5-7-19(18)31-23(29)28-30(24(31)35)14-21(33)27-17-10-8-16(25)9-11-17/h4-11,15H,3,12-14H2,1-2H3,(H,26,32)(H,27,33). The number of rotatable bonds is 8. The van der Waals surface area contributed by atoms with Crippen LogP contribution in [0.4, 0.5) is 5.69 Å². The third kappa shape index (κ3) is 5.12. The van der Waals surface area contributed by atoms with Crippen molar-refractivity contribution in [1.82, 2.24) is 24.1 Å². The molecule has 2 N–H and O–H groups in total. The summed E-state index contributed by atoms with van der Waals surface area (Å²) < 4.78 is 3.59. The summed E-state index contributed by atoms with van der Waals surface area (Å²) in [4.78, 5) is 51.4. The highest BCUT2D eigenvalue weighted by Crippen LogP contribution is 2.14. The summed E-state index contributed by atoms with van der Waals surface area (Å²) in [6.07, 6.45) is 0.820. The third-order valence-corrected chi connectivity index (χ3v) is 5.94. The van der Waals surface area contributed by atoms with Gasteiger partial charge in [0.05, 0.1) is 10.9 Å². The Bertz CT molecular complexity index is 1520. The van der Waals surface area contributed by atoms with Crippen LogP contribution in [-0.4, -0.2) is 36.6 Å². The van der Waals surface area contributed by atoms with E-state index in [-0.39, 0.29) is 42.8 Å². The van der Waals surface area contributed by atoms with E-state index >= 15 is 0 Å². The molecule has 0 aliphatic rings. The summed E-state index contributed by atoms with van der Waals surface area (Å²) in [6.45, 7) is 3.53. The number of halogens is 1. The molecular weight excluding hydrogens is 472 g/mol. The van der Waals surface area contributed by atoms with Gasteiger partial charge in [-0.25, -0.2) is 13.9 Å². The van der Waals surface area contributed by atoms with Crippen LogP contribution in [0.15, 0.2) is 58.1 Å². The highest BCUT2D eigenvalue weighted by Gasteiger charge is 2.19. The van der Waals surface area contributed by atoms with Crippen molar-refractivity contribution in [2.45, 2.75) is 45.8 Å². The van der Waals surface area contributed by atoms with Gasteiger partial charge in [-0.15, -0.1) is 5.10 Å². The molecule has 0 bridgehead atoms. The lowest BCUT2D eigenvalue weighted by atomic mass is 10.2. The summed E-state index contributed by atoms with van der Waals surface area (Å²) in [5.74, 6) is -0.611. The first-order valence-electron chi connectivity index (χ1n) is 11.2. The molecule has 11 heteroatoms. The van der Waals surface area contributed by atoms with Gasteiger partial charge in [-0.05, 0) is 49.7 Å². The number of para-hydroxylation sites is 1. The Labute approximate surface area is 205 Å². The van der Waals surface area contributed by atoms with E-state index in [9.17, 15) is 19.2 Å². The van der Waals surface area contributed by atoms with E-state index in [1.807, 2.05) is 13.8 Å². The molecule has 0 radical (unpaired) electrons. The lowest BCUT2D eigenvalue weighted by Gasteiger charge is -2.12. The zero-order valence-electron chi connectivity index (χ0n) is 19.3. The lowest BCUT2D eigenvalue weighted by molar-refractivity contribution is -0.122. The Hall–Kier alpha value is -3.92. The molecule has 0 saturated carbocycles. The molecule has 4 rings (SSSR count). The maximum atomic E-state index is 13.2. The van der Waals surface area contributed by atoms with Crippen LogP contribution in [0.25, 0.3) is 16.7 Å². The zero-order chi connectivity index (χ0) is 25.1. The van der Waals surface area contributed by atoms with Crippen LogP contribution in [0, 0.1) is 0 Å². The van der Waals surface area contributed by atoms with Crippen LogP contribution in [0.2, 0.25) is 5.02 Å². The van der Waals surface area contributed by atoms with Crippen LogP contribution in [0.1, 0.15) is 26.7 Å². The molecule has 2 aromatic heterocycles. The monoisotopic (exact) mass is 496 g/mol. The number of hydrogen-bond acceptors (Lipinski definition) is 5. The summed E-state index contributed by atoms with van der Waals surface area (Å²) in [7, 11) is 0. The molecule has 0 aliphatic heterocycles. The number of nitrogens with zero attached hydrogens (tertiary/aromatic N) is 4. The van der Waals surface area contributed by atoms with Crippen molar-refractivity contribution in [1.29, 1.82) is 0 Å². The fourth-order valence-electron chi connectivity index (χ4n) is 3.70. The smallest absolute Gasteiger partial charge is 0.352 e. The number of carbonyl (C=O) groups is 2. The number of amides is 2. The van der Waals surface area contributed by atoms with Crippen molar-refractivity contribution in [3.05, 3.63) is 74.4 Å². The highest BCUT2D eigenvalue weighted by atomic mass is 35.5. The maximum Gasteiger partial charge on any atom is 0.352 e. The molecule has 2 heterocycles. The van der Waals surface area contributed by atoms with Gasteiger partial charge in [-0.2, -0.15) is 0 Å². The number of anilines is 1. The zero-order valence-corrected chi connectivity index (χ0v) is 20.1. The number of benzene rings is 2. The first-order chi connectivity index (χ1) is 16.8. The van der Waals surface area contributed by atoms with E-state index in [2.05, 4.69) is 15.7 Å². The normalized spacial score (nSPS) is 12.1. The minimum atomic E-state index is -0.569. The Morgan fingerprint density at radius 1 is 1.06 bits per heavy atom. The van der Waals surface area contributed by atoms with Crippen molar-refractivity contribution < 1.29 is 9.59 Å². The second kappa shape index (κ2) is 10.1. The lowest BCUT2D eigenvalue weighted by Crippen LogP contribution is -2.34. The third-order valence-electron chi connectivity index (χ3n) is 5.69. The Morgan fingerprint density at radius 3 is 2.49 bits per heavy atom. The fraction of sp³-hybridized carbons (Fsp3) is 0.292. The Balaban J connectivity index is 1.70. The van der Waals surface area contributed by atoms with Gasteiger partial charge in [0.15, 0.2) is 0 Å². The average molecular weight is 497 g/mol. The van der Waals surface area contributed by atoms with Gasteiger partial charge in [0.25, 0.3) is 5.56 Å². The maximum absolute atomic E-state index is 13.2. The first kappa shape index (κ1) is 24.2. The molecule has 0 spiro atoms. The second-order valence-electron chi connectivity index (χ2n) is 8.23. The number of nitrogens with one attached hydrogen (secondary N) is 2. The van der Waals surface area contributed by atoms with Crippen molar-refractivity contribution >= 4 is 45.8 Å². The summed E-state index contributed by atoms with van der Waals surface area (Å²) in [5.41, 5.74) is -0.0412. The number of hydrogen-bond donors (Lipinski definition) is 2. The Morgan fingerprint density at radius 2 is 1.77 bits per heavy atom. The summed E-state index contributed by atoms with van der Waals surface area (Å²) >= 11 is 5.87. The fourth-order valence-corrected chi connectivity index (χ4v) is 3.83. The van der Waals surface area contributed by atoms with E-state index < -0.39 is 11.6 Å². The molecule has 0 saturated heterocycles. The minimum absolute atomic E-state index is 0.0109. The van der Waals surface area contributed by atoms with Gasteiger partial charge in [0.2, 0.25) is 17.6 Å². The largest absolute Gasteiger partial charge is 0.354 e. The van der Waals surface area contributed by atoms with E-state index in [1.165, 1.54) is 8.97 Å². The van der Waals surface area contributed by atoms with Gasteiger partial charge < -0.3 is 10.6 Å². The molecule has 182 valence electrons. The molecule has 10 nitrogen and oxygen atoms in total. The van der Waals surface area contributed by atoms with Gasteiger partial charge in [-0.3, -0.25) is 19.0 Å². The molecule has 0 aliphatic carbocycles. The van der Waals surface area contributed by atoms with Gasteiger partial charge in [0.1, 0.15) is 6.54 Å². The van der Waals surface area contributed by atoms with Crippen LogP contribution in [-0.2, 0) is 22.7 Å². The summed E-state index contributed by atoms with van der Waals surface area (Å²) in [6, 6.07) is 13.2. The van der Waals surface area contributed by atoms with Crippen molar-refractivity contribution in [3.63, 3.8) is 0 Å². The van der Waals surface area contributed by atoms with Crippen molar-refractivity contribution in [3.8, 4) is 0 Å². The molecule has 2 amide bonds. The topological polar surface area (TPSA) is 120 Å². The number of fused-ring (bicyclic) bond motifs is 3. The molecular formula is C24H25ClN6O4. The molecule has 0 fully saturated rings. The van der Waals surface area contributed by atoms with Crippen LogP contribution in [0.3, 0.4) is 0 Å². The average Bonchev–Trinajstić information content (AvgIpc) is 3.16. The molecule has 2 aromatic carbocycles. The van der Waals surface area contributed by atoms with Crippen molar-refractivity contribution in [2.24, 2.45) is 0 Å². The van der Waals surface area contributed by atoms with Gasteiger partial charge >= 0.3 is 5.69 Å². The quantitative estimate of drug-likeness (QED) is 0.388. The van der Waals surface area contributed by atoms with E-state index in [4.69, 9.17) is 11.6 Å².